The van der Waals surface area contributed by atoms with Crippen molar-refractivity contribution in [1.29, 1.82) is 0 Å². The molecule has 0 fully saturated rings. The minimum Gasteiger partial charge on any atom is -0.309 e. The van der Waals surface area contributed by atoms with Gasteiger partial charge in [0.1, 0.15) is 0 Å². The number of hydrogen-bond acceptors (Lipinski definition) is 4. The summed E-state index contributed by atoms with van der Waals surface area (Å²) in [5.74, 6) is 1.84. The third-order valence-electron chi connectivity index (χ3n) is 13.7. The summed E-state index contributed by atoms with van der Waals surface area (Å²) in [5, 5.41) is 12.3. The Kier molecular flexibility index (Phi) is 8.73. The molecule has 0 unspecified atom stereocenters. The number of rotatable bonds is 6. The van der Waals surface area contributed by atoms with Crippen molar-refractivity contribution >= 4 is 85.6 Å². The van der Waals surface area contributed by atoms with E-state index in [2.05, 4.69) is 235 Å². The zero-order chi connectivity index (χ0) is 44.7. The van der Waals surface area contributed by atoms with Crippen LogP contribution in [0.2, 0.25) is 0 Å². The van der Waals surface area contributed by atoms with Crippen LogP contribution in [0.25, 0.3) is 136 Å². The molecule has 0 N–H and O–H groups in total. The molecule has 0 spiro atoms. The van der Waals surface area contributed by atoms with Gasteiger partial charge in [0, 0.05) is 53.2 Å². The third-order valence-corrected chi connectivity index (χ3v) is 14.9. The molecule has 0 aliphatic rings. The topological polar surface area (TPSA) is 43.6 Å². The quantitative estimate of drug-likeness (QED) is 0.156. The Morgan fingerprint density at radius 3 is 1.40 bits per heavy atom. The number of hydrogen-bond donors (Lipinski definition) is 0. The molecule has 0 saturated carbocycles. The van der Waals surface area contributed by atoms with E-state index in [1.807, 2.05) is 11.3 Å². The van der Waals surface area contributed by atoms with E-state index in [1.165, 1.54) is 68.8 Å². The Hall–Kier alpha value is -8.77. The van der Waals surface area contributed by atoms with Gasteiger partial charge in [-0.05, 0) is 79.3 Å². The fourth-order valence-electron chi connectivity index (χ4n) is 10.5. The average Bonchev–Trinajstić information content (AvgIpc) is 3.97. The molecule has 0 bridgehead atoms. The van der Waals surface area contributed by atoms with Crippen molar-refractivity contribution in [2.24, 2.45) is 0 Å². The fourth-order valence-corrected chi connectivity index (χ4v) is 11.7. The zero-order valence-corrected chi connectivity index (χ0v) is 37.5. The van der Waals surface area contributed by atoms with Crippen LogP contribution in [0.15, 0.2) is 231 Å². The minimum absolute atomic E-state index is 0.606. The highest BCUT2D eigenvalue weighted by Crippen LogP contribution is 2.42. The highest BCUT2D eigenvalue weighted by Gasteiger charge is 2.20. The van der Waals surface area contributed by atoms with Crippen molar-refractivity contribution < 1.29 is 0 Å². The molecule has 11 aromatic carbocycles. The second-order valence-corrected chi connectivity index (χ2v) is 18.5. The van der Waals surface area contributed by atoms with Gasteiger partial charge in [0.15, 0.2) is 17.5 Å². The average molecular weight is 883 g/mol. The van der Waals surface area contributed by atoms with Crippen LogP contribution >= 0.6 is 11.3 Å². The van der Waals surface area contributed by atoms with Crippen molar-refractivity contribution in [1.82, 2.24) is 19.5 Å². The molecule has 0 radical (unpaired) electrons. The summed E-state index contributed by atoms with van der Waals surface area (Å²) in [6.07, 6.45) is 0. The lowest BCUT2D eigenvalue weighted by molar-refractivity contribution is 1.07. The first-order valence-electron chi connectivity index (χ1n) is 23.0. The SMILES string of the molecule is c1ccc(-c2ccc(-c3nc(-c4ccc(-c5cccc6c5sc5ccccc56)cc4)nc(-c4ccc5c6ccccc6c6ccccc6c5c4)n3)cc2-n2c3ccccc3c3ccccc32)cc1. The summed E-state index contributed by atoms with van der Waals surface area (Å²) in [7, 11) is 0. The molecule has 68 heavy (non-hydrogen) atoms. The molecule has 3 heterocycles. The molecular formula is C63H38N4S. The normalized spacial score (nSPS) is 11.8. The van der Waals surface area contributed by atoms with E-state index in [0.717, 1.165) is 50.1 Å². The molecule has 0 amide bonds. The Bertz CT molecular complexity index is 4230. The molecule has 0 atom stereocenters. The lowest BCUT2D eigenvalue weighted by Gasteiger charge is -2.16. The summed E-state index contributed by atoms with van der Waals surface area (Å²) in [4.78, 5) is 16.1. The van der Waals surface area contributed by atoms with Crippen LogP contribution in [0.1, 0.15) is 0 Å². The second-order valence-electron chi connectivity index (χ2n) is 17.5. The monoisotopic (exact) mass is 882 g/mol. The van der Waals surface area contributed by atoms with Gasteiger partial charge in [-0.15, -0.1) is 11.3 Å². The Balaban J connectivity index is 0.984. The van der Waals surface area contributed by atoms with Gasteiger partial charge in [0.2, 0.25) is 0 Å². The number of para-hydroxylation sites is 2. The molecule has 14 rings (SSSR count). The van der Waals surface area contributed by atoms with E-state index in [9.17, 15) is 0 Å². The molecule has 3 aromatic heterocycles. The first kappa shape index (κ1) is 38.5. The predicted molar refractivity (Wildman–Crippen MR) is 287 cm³/mol. The highest BCUT2D eigenvalue weighted by molar-refractivity contribution is 7.26. The van der Waals surface area contributed by atoms with Crippen LogP contribution < -0.4 is 0 Å². The van der Waals surface area contributed by atoms with E-state index in [0.29, 0.717) is 17.5 Å². The summed E-state index contributed by atoms with van der Waals surface area (Å²) < 4.78 is 4.99. The van der Waals surface area contributed by atoms with Gasteiger partial charge < -0.3 is 4.57 Å². The number of thiophene rings is 1. The summed E-state index contributed by atoms with van der Waals surface area (Å²) in [5.41, 5.74) is 10.7. The van der Waals surface area contributed by atoms with Crippen LogP contribution in [-0.4, -0.2) is 19.5 Å². The maximum atomic E-state index is 5.39. The second kappa shape index (κ2) is 15.4. The van der Waals surface area contributed by atoms with E-state index < -0.39 is 0 Å². The Morgan fingerprint density at radius 1 is 0.279 bits per heavy atom. The summed E-state index contributed by atoms with van der Waals surface area (Å²) >= 11 is 1.85. The van der Waals surface area contributed by atoms with Gasteiger partial charge in [-0.3, -0.25) is 0 Å². The minimum atomic E-state index is 0.606. The number of benzene rings is 11. The first-order chi connectivity index (χ1) is 33.7. The zero-order valence-electron chi connectivity index (χ0n) is 36.6. The molecule has 316 valence electrons. The molecule has 0 aliphatic heterocycles. The molecule has 4 nitrogen and oxygen atoms in total. The van der Waals surface area contributed by atoms with Crippen LogP contribution in [-0.2, 0) is 0 Å². The van der Waals surface area contributed by atoms with Crippen LogP contribution in [0.5, 0.6) is 0 Å². The number of nitrogens with zero attached hydrogens (tertiary/aromatic N) is 4. The molecule has 0 aliphatic carbocycles. The summed E-state index contributed by atoms with van der Waals surface area (Å²) in [6, 6.07) is 82.8. The van der Waals surface area contributed by atoms with Crippen molar-refractivity contribution in [2.45, 2.75) is 0 Å². The Labute approximate surface area is 395 Å². The highest BCUT2D eigenvalue weighted by atomic mass is 32.1. The maximum Gasteiger partial charge on any atom is 0.164 e. The van der Waals surface area contributed by atoms with Crippen LogP contribution in [0.3, 0.4) is 0 Å². The molecule has 5 heteroatoms. The fraction of sp³-hybridized carbons (Fsp3) is 0. The van der Waals surface area contributed by atoms with Crippen LogP contribution in [0, 0.1) is 0 Å². The van der Waals surface area contributed by atoms with Crippen molar-refractivity contribution in [3.8, 4) is 62.1 Å². The van der Waals surface area contributed by atoms with Gasteiger partial charge >= 0.3 is 0 Å². The molecule has 0 saturated heterocycles. The predicted octanol–water partition coefficient (Wildman–Crippen LogP) is 17.1. The van der Waals surface area contributed by atoms with E-state index in [-0.39, 0.29) is 0 Å². The van der Waals surface area contributed by atoms with Gasteiger partial charge in [-0.2, -0.15) is 0 Å². The van der Waals surface area contributed by atoms with E-state index >= 15 is 0 Å². The molecule has 14 aromatic rings. The van der Waals surface area contributed by atoms with Crippen molar-refractivity contribution in [3.63, 3.8) is 0 Å². The third kappa shape index (κ3) is 6.10. The Morgan fingerprint density at radius 2 is 0.735 bits per heavy atom. The smallest absolute Gasteiger partial charge is 0.164 e. The lowest BCUT2D eigenvalue weighted by atomic mass is 9.93. The van der Waals surface area contributed by atoms with Gasteiger partial charge in [-0.1, -0.05) is 200 Å². The van der Waals surface area contributed by atoms with E-state index in [4.69, 9.17) is 15.0 Å². The van der Waals surface area contributed by atoms with Gasteiger partial charge in [0.05, 0.1) is 16.7 Å². The maximum absolute atomic E-state index is 5.39. The lowest BCUT2D eigenvalue weighted by Crippen LogP contribution is -2.02. The van der Waals surface area contributed by atoms with E-state index in [1.54, 1.807) is 0 Å². The largest absolute Gasteiger partial charge is 0.309 e. The number of fused-ring (bicyclic) bond motifs is 12. The summed E-state index contributed by atoms with van der Waals surface area (Å²) in [6.45, 7) is 0. The number of aromatic nitrogens is 4. The van der Waals surface area contributed by atoms with Crippen LogP contribution in [0.4, 0.5) is 0 Å². The van der Waals surface area contributed by atoms with Gasteiger partial charge in [-0.25, -0.2) is 15.0 Å². The first-order valence-corrected chi connectivity index (χ1v) is 23.8. The standard InChI is InChI=1S/C63H38N4S/c1-2-15-39(16-3-1)44-35-33-43(38-58(44)67-56-26-11-8-21-51(56)52-22-9-12-27-57(52)67)63-65-61(41-31-29-40(30-32-41)45-24-14-25-54-53-23-10-13-28-59(53)68-60(45)54)64-62(66-63)42-34-36-50-48-19-5-4-17-46(48)47-18-6-7-20-49(47)55(50)37-42/h1-38H. The molecular weight excluding hydrogens is 845 g/mol. The van der Waals surface area contributed by atoms with Crippen molar-refractivity contribution in [2.75, 3.05) is 0 Å². The van der Waals surface area contributed by atoms with Crippen molar-refractivity contribution in [3.05, 3.63) is 231 Å². The van der Waals surface area contributed by atoms with Gasteiger partial charge in [0.25, 0.3) is 0 Å².